The number of fused-ring (bicyclic) bond motifs is 1. The molecule has 40 heavy (non-hydrogen) atoms. The molecule has 0 aliphatic rings. The zero-order valence-corrected chi connectivity index (χ0v) is 23.0. The molecule has 1 aromatic heterocycles. The van der Waals surface area contributed by atoms with Crippen LogP contribution in [0.5, 0.6) is 0 Å². The summed E-state index contributed by atoms with van der Waals surface area (Å²) < 4.78 is 41.0. The van der Waals surface area contributed by atoms with Crippen molar-refractivity contribution in [1.29, 1.82) is 0 Å². The van der Waals surface area contributed by atoms with Crippen LogP contribution in [0.15, 0.2) is 60.7 Å². The third kappa shape index (κ3) is 6.34. The van der Waals surface area contributed by atoms with E-state index in [1.54, 1.807) is 64.2 Å². The zero-order chi connectivity index (χ0) is 29.2. The van der Waals surface area contributed by atoms with Gasteiger partial charge in [-0.15, -0.1) is 0 Å². The first-order valence-electron chi connectivity index (χ1n) is 12.3. The molecule has 0 aliphatic carbocycles. The Balaban J connectivity index is 1.65. The number of rotatable bonds is 6. The van der Waals surface area contributed by atoms with Crippen LogP contribution < -0.4 is 16.0 Å². The highest BCUT2D eigenvalue weighted by molar-refractivity contribution is 6.34. The molecule has 0 fully saturated rings. The smallest absolute Gasteiger partial charge is 0.373 e. The Morgan fingerprint density at radius 3 is 2.35 bits per heavy atom. The maximum Gasteiger partial charge on any atom is 0.417 e. The van der Waals surface area contributed by atoms with Gasteiger partial charge in [0.25, 0.3) is 5.91 Å². The van der Waals surface area contributed by atoms with Gasteiger partial charge in [-0.3, -0.25) is 9.59 Å². The largest absolute Gasteiger partial charge is 0.417 e. The van der Waals surface area contributed by atoms with Crippen molar-refractivity contribution in [2.45, 2.75) is 33.5 Å². The quantitative estimate of drug-likeness (QED) is 0.234. The number of carbonyl (C=O) groups excluding carboxylic acids is 2. The van der Waals surface area contributed by atoms with E-state index in [4.69, 9.17) is 11.6 Å². The minimum Gasteiger partial charge on any atom is -0.373 e. The summed E-state index contributed by atoms with van der Waals surface area (Å²) in [5.74, 6) is -0.409. The third-order valence-electron chi connectivity index (χ3n) is 6.07. The second-order valence-corrected chi connectivity index (χ2v) is 10.5. The van der Waals surface area contributed by atoms with Gasteiger partial charge in [-0.25, -0.2) is 9.97 Å². The summed E-state index contributed by atoms with van der Waals surface area (Å²) in [6.45, 7) is 5.62. The highest BCUT2D eigenvalue weighted by atomic mass is 35.5. The van der Waals surface area contributed by atoms with Crippen LogP contribution in [0.25, 0.3) is 22.3 Å². The Kier molecular flexibility index (Phi) is 8.02. The highest BCUT2D eigenvalue weighted by Crippen LogP contribution is 2.37. The molecule has 0 radical (unpaired) electrons. The molecule has 2 amide bonds. The molecule has 0 atom stereocenters. The third-order valence-corrected chi connectivity index (χ3v) is 6.40. The Morgan fingerprint density at radius 1 is 0.950 bits per heavy atom. The molecule has 3 aromatic carbocycles. The summed E-state index contributed by atoms with van der Waals surface area (Å²) in [7, 11) is 1.61. The number of hydrogen-bond donors (Lipinski definition) is 3. The molecule has 1 heterocycles. The molecule has 3 N–H and O–H groups in total. The normalized spacial score (nSPS) is 11.8. The van der Waals surface area contributed by atoms with Crippen LogP contribution in [0.3, 0.4) is 0 Å². The number of halogens is 4. The lowest BCUT2D eigenvalue weighted by Gasteiger charge is -2.18. The van der Waals surface area contributed by atoms with Gasteiger partial charge >= 0.3 is 6.18 Å². The fraction of sp³-hybridized carbons (Fsp3) is 0.241. The van der Waals surface area contributed by atoms with E-state index in [2.05, 4.69) is 25.9 Å². The number of nitrogens with zero attached hydrogens (tertiary/aromatic N) is 2. The summed E-state index contributed by atoms with van der Waals surface area (Å²) >= 11 is 6.30. The van der Waals surface area contributed by atoms with E-state index in [0.717, 1.165) is 6.07 Å². The van der Waals surface area contributed by atoms with Gasteiger partial charge in [-0.05, 0) is 42.0 Å². The predicted octanol–water partition coefficient (Wildman–Crippen LogP) is 6.93. The fourth-order valence-electron chi connectivity index (χ4n) is 3.95. The molecular formula is C29H27ClF3N5O2. The monoisotopic (exact) mass is 569 g/mol. The van der Waals surface area contributed by atoms with Crippen molar-refractivity contribution in [2.24, 2.45) is 5.41 Å². The Morgan fingerprint density at radius 2 is 1.68 bits per heavy atom. The molecular weight excluding hydrogens is 543 g/mol. The van der Waals surface area contributed by atoms with E-state index in [0.29, 0.717) is 28.0 Å². The number of anilines is 2. The average Bonchev–Trinajstić information content (AvgIpc) is 2.90. The van der Waals surface area contributed by atoms with Gasteiger partial charge in [-0.2, -0.15) is 13.2 Å². The van der Waals surface area contributed by atoms with E-state index in [1.807, 2.05) is 0 Å². The Labute approximate surface area is 234 Å². The van der Waals surface area contributed by atoms with Crippen LogP contribution in [-0.2, 0) is 17.5 Å². The van der Waals surface area contributed by atoms with Gasteiger partial charge < -0.3 is 16.0 Å². The van der Waals surface area contributed by atoms with Crippen molar-refractivity contribution in [3.63, 3.8) is 0 Å². The number of amides is 2. The van der Waals surface area contributed by atoms with Gasteiger partial charge in [0.15, 0.2) is 5.82 Å². The lowest BCUT2D eigenvalue weighted by molar-refractivity contribution is -0.137. The second kappa shape index (κ2) is 11.1. The topological polar surface area (TPSA) is 96.0 Å². The summed E-state index contributed by atoms with van der Waals surface area (Å²) in [5, 5.41) is 9.28. The van der Waals surface area contributed by atoms with Crippen LogP contribution in [0.1, 0.15) is 42.3 Å². The number of carbonyl (C=O) groups is 2. The van der Waals surface area contributed by atoms with E-state index in [9.17, 15) is 22.8 Å². The standard InChI is InChI=1S/C29H27ClF3N5O2/c1-28(2,3)27(40)35-15-16-9-12-22(30)20(13-16)26(39)36-17-10-11-19-23(14-17)37-25(38-24(19)34-4)18-7-5-6-8-21(18)29(31,32)33/h5-14H,15H2,1-4H3,(H,35,40)(H,36,39)(H,34,37,38). The molecule has 11 heteroatoms. The molecule has 0 saturated carbocycles. The maximum atomic E-state index is 13.7. The SMILES string of the molecule is CNc1nc(-c2ccccc2C(F)(F)F)nc2cc(NC(=O)c3cc(CNC(=O)C(C)(C)C)ccc3Cl)ccc12. The van der Waals surface area contributed by atoms with E-state index < -0.39 is 23.1 Å². The number of aromatic nitrogens is 2. The zero-order valence-electron chi connectivity index (χ0n) is 22.2. The Bertz CT molecular complexity index is 1600. The maximum absolute atomic E-state index is 13.7. The molecule has 0 bridgehead atoms. The van der Waals surface area contributed by atoms with Crippen molar-refractivity contribution >= 4 is 45.8 Å². The molecule has 0 spiro atoms. The minimum atomic E-state index is -4.59. The number of benzene rings is 3. The van der Waals surface area contributed by atoms with Crippen LogP contribution in [-0.4, -0.2) is 28.8 Å². The van der Waals surface area contributed by atoms with Gasteiger partial charge in [-0.1, -0.05) is 56.6 Å². The summed E-state index contributed by atoms with van der Waals surface area (Å²) in [6.07, 6.45) is -4.59. The van der Waals surface area contributed by atoms with Crippen molar-refractivity contribution in [3.05, 3.63) is 82.4 Å². The van der Waals surface area contributed by atoms with Crippen LogP contribution >= 0.6 is 11.6 Å². The van der Waals surface area contributed by atoms with E-state index in [-0.39, 0.29) is 34.4 Å². The van der Waals surface area contributed by atoms with Crippen LogP contribution in [0.2, 0.25) is 5.02 Å². The van der Waals surface area contributed by atoms with E-state index in [1.165, 1.54) is 18.2 Å². The number of alkyl halides is 3. The lowest BCUT2D eigenvalue weighted by atomic mass is 9.95. The van der Waals surface area contributed by atoms with Crippen molar-refractivity contribution in [2.75, 3.05) is 17.7 Å². The van der Waals surface area contributed by atoms with Gasteiger partial charge in [0.1, 0.15) is 5.82 Å². The average molecular weight is 570 g/mol. The van der Waals surface area contributed by atoms with Crippen LogP contribution in [0, 0.1) is 5.41 Å². The van der Waals surface area contributed by atoms with Crippen LogP contribution in [0.4, 0.5) is 24.7 Å². The first kappa shape index (κ1) is 28.8. The molecule has 4 rings (SSSR count). The molecule has 7 nitrogen and oxygen atoms in total. The molecule has 0 saturated heterocycles. The summed E-state index contributed by atoms with van der Waals surface area (Å²) in [4.78, 5) is 34.1. The summed E-state index contributed by atoms with van der Waals surface area (Å²) in [6, 6.07) is 14.8. The number of nitrogens with one attached hydrogen (secondary N) is 3. The first-order valence-corrected chi connectivity index (χ1v) is 12.7. The predicted molar refractivity (Wildman–Crippen MR) is 150 cm³/mol. The fourth-order valence-corrected chi connectivity index (χ4v) is 4.15. The first-order chi connectivity index (χ1) is 18.8. The minimum absolute atomic E-state index is 0.110. The van der Waals surface area contributed by atoms with Gasteiger partial charge in [0.05, 0.1) is 21.7 Å². The molecule has 0 aliphatic heterocycles. The summed E-state index contributed by atoms with van der Waals surface area (Å²) in [5.41, 5.74) is -0.00913. The number of hydrogen-bond acceptors (Lipinski definition) is 5. The highest BCUT2D eigenvalue weighted by Gasteiger charge is 2.34. The molecule has 208 valence electrons. The van der Waals surface area contributed by atoms with Crippen molar-refractivity contribution in [3.8, 4) is 11.4 Å². The Hall–Kier alpha value is -4.18. The second-order valence-electron chi connectivity index (χ2n) is 10.1. The molecule has 0 unspecified atom stereocenters. The molecule has 4 aromatic rings. The van der Waals surface area contributed by atoms with Crippen molar-refractivity contribution < 1.29 is 22.8 Å². The lowest BCUT2D eigenvalue weighted by Crippen LogP contribution is -2.34. The van der Waals surface area contributed by atoms with Gasteiger partial charge in [0, 0.05) is 35.6 Å². The van der Waals surface area contributed by atoms with E-state index >= 15 is 0 Å². The van der Waals surface area contributed by atoms with Crippen molar-refractivity contribution in [1.82, 2.24) is 15.3 Å². The van der Waals surface area contributed by atoms with Gasteiger partial charge in [0.2, 0.25) is 5.91 Å².